The van der Waals surface area contributed by atoms with Gasteiger partial charge in [-0.25, -0.2) is 13.1 Å². The summed E-state index contributed by atoms with van der Waals surface area (Å²) in [5.74, 6) is 0.391. The molecule has 1 aromatic rings. The second kappa shape index (κ2) is 9.75. The molecule has 4 rings (SSSR count). The van der Waals surface area contributed by atoms with Crippen LogP contribution in [0.4, 0.5) is 0 Å². The van der Waals surface area contributed by atoms with Crippen molar-refractivity contribution in [2.45, 2.75) is 62.0 Å². The highest BCUT2D eigenvalue weighted by molar-refractivity contribution is 7.89. The highest BCUT2D eigenvalue weighted by Crippen LogP contribution is 2.37. The molecule has 1 unspecified atom stereocenters. The van der Waals surface area contributed by atoms with Gasteiger partial charge in [0, 0.05) is 31.1 Å². The zero-order valence-corrected chi connectivity index (χ0v) is 19.4. The molecule has 1 spiro atoms. The average molecular weight is 452 g/mol. The first-order valence-electron chi connectivity index (χ1n) is 11.7. The number of rotatable bonds is 1. The Kier molecular flexibility index (Phi) is 7.23. The van der Waals surface area contributed by atoms with Gasteiger partial charge in [0.15, 0.2) is 0 Å². The Morgan fingerprint density at radius 3 is 2.58 bits per heavy atom. The molecule has 1 saturated carbocycles. The van der Waals surface area contributed by atoms with E-state index in [1.165, 1.54) is 32.1 Å². The highest BCUT2D eigenvalue weighted by atomic mass is 32.2. The minimum absolute atomic E-state index is 0.0105. The largest absolute Gasteiger partial charge is 0.492 e. The van der Waals surface area contributed by atoms with Crippen LogP contribution in [0.15, 0.2) is 29.2 Å². The van der Waals surface area contributed by atoms with Crippen LogP contribution in [0.2, 0.25) is 0 Å². The summed E-state index contributed by atoms with van der Waals surface area (Å²) in [7, 11) is -1.74. The molecule has 0 amide bonds. The SMILES string of the molecule is CN1CC(O)CNS(=O)(=O)c2ccccc2OCC2(CCN(C3CCCCC3)CC2)C1. The summed E-state index contributed by atoms with van der Waals surface area (Å²) < 4.78 is 34.3. The maximum absolute atomic E-state index is 12.8. The van der Waals surface area contributed by atoms with Crippen molar-refractivity contribution in [1.29, 1.82) is 0 Å². The number of fused-ring (bicyclic) bond motifs is 1. The fourth-order valence-corrected chi connectivity index (χ4v) is 6.74. The summed E-state index contributed by atoms with van der Waals surface area (Å²) in [6.07, 6.45) is 7.97. The van der Waals surface area contributed by atoms with E-state index in [0.717, 1.165) is 38.5 Å². The van der Waals surface area contributed by atoms with Gasteiger partial charge in [-0.15, -0.1) is 0 Å². The number of nitrogens with zero attached hydrogens (tertiary/aromatic N) is 2. The van der Waals surface area contributed by atoms with Gasteiger partial charge in [0.1, 0.15) is 10.6 Å². The first kappa shape index (κ1) is 23.0. The number of ether oxygens (including phenoxy) is 1. The Bertz CT molecular complexity index is 833. The minimum Gasteiger partial charge on any atom is -0.492 e. The van der Waals surface area contributed by atoms with Gasteiger partial charge in [-0.2, -0.15) is 0 Å². The van der Waals surface area contributed by atoms with E-state index in [1.807, 2.05) is 7.05 Å². The zero-order valence-electron chi connectivity index (χ0n) is 18.6. The molecule has 0 bridgehead atoms. The van der Waals surface area contributed by atoms with Crippen molar-refractivity contribution >= 4 is 10.0 Å². The van der Waals surface area contributed by atoms with Crippen LogP contribution < -0.4 is 9.46 Å². The normalized spacial score (nSPS) is 28.8. The van der Waals surface area contributed by atoms with Gasteiger partial charge in [-0.05, 0) is 58.0 Å². The Labute approximate surface area is 186 Å². The molecule has 8 heteroatoms. The van der Waals surface area contributed by atoms with E-state index in [9.17, 15) is 13.5 Å². The van der Waals surface area contributed by atoms with Gasteiger partial charge in [-0.1, -0.05) is 31.4 Å². The third kappa shape index (κ3) is 5.60. The molecular formula is C23H37N3O4S. The third-order valence-corrected chi connectivity index (χ3v) is 8.72. The van der Waals surface area contributed by atoms with Crippen molar-refractivity contribution in [3.63, 3.8) is 0 Å². The second-order valence-corrected chi connectivity index (χ2v) is 11.5. The topological polar surface area (TPSA) is 82.1 Å². The van der Waals surface area contributed by atoms with E-state index in [-0.39, 0.29) is 16.9 Å². The van der Waals surface area contributed by atoms with Crippen molar-refractivity contribution in [1.82, 2.24) is 14.5 Å². The summed E-state index contributed by atoms with van der Waals surface area (Å²) in [6.45, 7) is 3.86. The molecule has 174 valence electrons. The number of benzene rings is 1. The third-order valence-electron chi connectivity index (χ3n) is 7.26. The van der Waals surface area contributed by atoms with Crippen LogP contribution in [-0.4, -0.2) is 81.8 Å². The Morgan fingerprint density at radius 1 is 1.13 bits per heavy atom. The van der Waals surface area contributed by atoms with Crippen LogP contribution >= 0.6 is 0 Å². The Hall–Kier alpha value is -1.19. The lowest BCUT2D eigenvalue weighted by Crippen LogP contribution is -2.52. The van der Waals surface area contributed by atoms with Gasteiger partial charge < -0.3 is 19.6 Å². The molecule has 2 heterocycles. The highest BCUT2D eigenvalue weighted by Gasteiger charge is 2.39. The number of para-hydroxylation sites is 1. The van der Waals surface area contributed by atoms with E-state index in [2.05, 4.69) is 14.5 Å². The number of likely N-dealkylation sites (tertiary alicyclic amines) is 1. The zero-order chi connectivity index (χ0) is 21.9. The molecule has 3 aliphatic rings. The number of sulfonamides is 1. The van der Waals surface area contributed by atoms with Crippen molar-refractivity contribution < 1.29 is 18.3 Å². The van der Waals surface area contributed by atoms with Crippen molar-refractivity contribution in [3.8, 4) is 5.75 Å². The van der Waals surface area contributed by atoms with Gasteiger partial charge in [-0.3, -0.25) is 0 Å². The summed E-state index contributed by atoms with van der Waals surface area (Å²) in [6, 6.07) is 7.52. The lowest BCUT2D eigenvalue weighted by molar-refractivity contribution is -0.000192. The Morgan fingerprint density at radius 2 is 1.84 bits per heavy atom. The van der Waals surface area contributed by atoms with Crippen LogP contribution in [0.1, 0.15) is 44.9 Å². The van der Waals surface area contributed by atoms with Crippen LogP contribution in [0.5, 0.6) is 5.75 Å². The fraction of sp³-hybridized carbons (Fsp3) is 0.739. The summed E-state index contributed by atoms with van der Waals surface area (Å²) >= 11 is 0. The molecular weight excluding hydrogens is 414 g/mol. The molecule has 2 fully saturated rings. The van der Waals surface area contributed by atoms with Crippen LogP contribution in [-0.2, 0) is 10.0 Å². The summed E-state index contributed by atoms with van der Waals surface area (Å²) in [4.78, 5) is 4.94. The first-order chi connectivity index (χ1) is 14.9. The first-order valence-corrected chi connectivity index (χ1v) is 13.2. The molecule has 2 N–H and O–H groups in total. The van der Waals surface area contributed by atoms with E-state index in [4.69, 9.17) is 4.74 Å². The number of hydrogen-bond acceptors (Lipinski definition) is 6. The van der Waals surface area contributed by atoms with Gasteiger partial charge in [0.25, 0.3) is 0 Å². The second-order valence-electron chi connectivity index (χ2n) is 9.77. The molecule has 31 heavy (non-hydrogen) atoms. The molecule has 1 atom stereocenters. The van der Waals surface area contributed by atoms with Crippen LogP contribution in [0.25, 0.3) is 0 Å². The number of hydrogen-bond donors (Lipinski definition) is 2. The minimum atomic E-state index is -3.75. The number of nitrogens with one attached hydrogen (secondary N) is 1. The summed E-state index contributed by atoms with van der Waals surface area (Å²) in [5.41, 5.74) is -0.0524. The average Bonchev–Trinajstić information content (AvgIpc) is 2.77. The van der Waals surface area contributed by atoms with E-state index in [1.54, 1.807) is 24.3 Å². The van der Waals surface area contributed by atoms with Crippen molar-refractivity contribution in [2.75, 3.05) is 46.4 Å². The van der Waals surface area contributed by atoms with E-state index >= 15 is 0 Å². The lowest BCUT2D eigenvalue weighted by atomic mass is 9.77. The lowest BCUT2D eigenvalue weighted by Gasteiger charge is -2.46. The van der Waals surface area contributed by atoms with Crippen LogP contribution in [0, 0.1) is 5.41 Å². The predicted octanol–water partition coefficient (Wildman–Crippen LogP) is 2.06. The maximum Gasteiger partial charge on any atom is 0.244 e. The Balaban J connectivity index is 1.54. The van der Waals surface area contributed by atoms with Crippen molar-refractivity contribution in [3.05, 3.63) is 24.3 Å². The van der Waals surface area contributed by atoms with Gasteiger partial charge in [0.2, 0.25) is 10.0 Å². The molecule has 0 radical (unpaired) electrons. The molecule has 7 nitrogen and oxygen atoms in total. The molecule has 1 aliphatic carbocycles. The van der Waals surface area contributed by atoms with Gasteiger partial charge in [0.05, 0.1) is 12.7 Å². The molecule has 2 aliphatic heterocycles. The standard InChI is InChI=1S/C23H37N3O4S/c1-25-16-20(27)15-24-31(28,29)22-10-6-5-9-21(22)30-18-23(17-25)11-13-26(14-12-23)19-7-3-2-4-8-19/h5-6,9-10,19-20,24,27H,2-4,7-8,11-18H2,1H3. The number of β-amino-alcohol motifs (C(OH)–C–C–N with tert-alkyl or cyclic N) is 1. The predicted molar refractivity (Wildman–Crippen MR) is 121 cm³/mol. The number of aliphatic hydroxyl groups is 1. The molecule has 1 aromatic carbocycles. The number of aliphatic hydroxyl groups excluding tert-OH is 1. The maximum atomic E-state index is 12.8. The molecule has 0 aromatic heterocycles. The fourth-order valence-electron chi connectivity index (χ4n) is 5.53. The molecule has 1 saturated heterocycles. The monoisotopic (exact) mass is 451 g/mol. The van der Waals surface area contributed by atoms with E-state index < -0.39 is 16.1 Å². The smallest absolute Gasteiger partial charge is 0.244 e. The van der Waals surface area contributed by atoms with Gasteiger partial charge >= 0.3 is 0 Å². The van der Waals surface area contributed by atoms with E-state index in [0.29, 0.717) is 18.9 Å². The quantitative estimate of drug-likeness (QED) is 0.680. The summed E-state index contributed by atoms with van der Waals surface area (Å²) in [5, 5.41) is 10.4. The number of piperidine rings is 1. The van der Waals surface area contributed by atoms with Crippen molar-refractivity contribution in [2.24, 2.45) is 5.41 Å². The number of likely N-dealkylation sites (N-methyl/N-ethyl adjacent to an activating group) is 1. The van der Waals surface area contributed by atoms with Crippen LogP contribution in [0.3, 0.4) is 0 Å².